The number of hydrogen-bond acceptors (Lipinski definition) is 4. The molecular weight excluding hydrogens is 251 g/mol. The maximum atomic E-state index is 13.8. The lowest BCUT2D eigenvalue weighted by Crippen LogP contribution is -2.37. The normalized spacial score (nSPS) is 11.8. The second-order valence-corrected chi connectivity index (χ2v) is 4.43. The first kappa shape index (κ1) is 16.0. The Morgan fingerprint density at radius 3 is 2.37 bits per heavy atom. The molecule has 0 bridgehead atoms. The third-order valence-corrected chi connectivity index (χ3v) is 3.21. The van der Waals surface area contributed by atoms with Crippen LogP contribution in [0.4, 0.5) is 4.39 Å². The lowest BCUT2D eigenvalue weighted by molar-refractivity contribution is 0.0381. The topological polar surface area (TPSA) is 58.9 Å². The van der Waals surface area contributed by atoms with Gasteiger partial charge >= 0.3 is 0 Å². The summed E-state index contributed by atoms with van der Waals surface area (Å²) < 4.78 is 24.0. The molecule has 0 heterocycles. The third kappa shape index (κ3) is 4.24. The van der Waals surface area contributed by atoms with Gasteiger partial charge in [-0.25, -0.2) is 4.39 Å². The highest BCUT2D eigenvalue weighted by Gasteiger charge is 2.33. The van der Waals surface area contributed by atoms with E-state index in [0.29, 0.717) is 31.8 Å². The van der Waals surface area contributed by atoms with E-state index in [1.54, 1.807) is 25.3 Å². The molecule has 0 unspecified atom stereocenters. The van der Waals surface area contributed by atoms with E-state index in [1.165, 1.54) is 6.07 Å². The number of aliphatic hydroxyl groups is 2. The van der Waals surface area contributed by atoms with Crippen LogP contribution in [0.2, 0.25) is 0 Å². The van der Waals surface area contributed by atoms with Gasteiger partial charge in [0.05, 0.1) is 26.4 Å². The molecule has 0 amide bonds. The molecule has 1 aromatic carbocycles. The van der Waals surface area contributed by atoms with Gasteiger partial charge in [0, 0.05) is 19.1 Å². The average Bonchev–Trinajstić information content (AvgIpc) is 2.44. The van der Waals surface area contributed by atoms with Crippen LogP contribution in [0.25, 0.3) is 0 Å². The predicted octanol–water partition coefficient (Wildman–Crippen LogP) is 1.10. The van der Waals surface area contributed by atoms with Crippen molar-refractivity contribution in [3.63, 3.8) is 0 Å². The van der Waals surface area contributed by atoms with Gasteiger partial charge in [-0.3, -0.25) is 0 Å². The van der Waals surface area contributed by atoms with Gasteiger partial charge in [-0.2, -0.15) is 0 Å². The van der Waals surface area contributed by atoms with Gasteiger partial charge in [0.15, 0.2) is 0 Å². The fourth-order valence-electron chi connectivity index (χ4n) is 1.92. The minimum absolute atomic E-state index is 0.315. The van der Waals surface area contributed by atoms with E-state index in [9.17, 15) is 14.6 Å². The Hall–Kier alpha value is -1.01. The van der Waals surface area contributed by atoms with Crippen molar-refractivity contribution in [2.24, 2.45) is 0 Å². The molecule has 0 saturated heterocycles. The molecule has 0 aliphatic rings. The molecule has 5 heteroatoms. The molecule has 0 aliphatic carbocycles. The summed E-state index contributed by atoms with van der Waals surface area (Å²) in [5.74, 6) is -0.428. The summed E-state index contributed by atoms with van der Waals surface area (Å²) in [6.07, 6.45) is 0.338. The zero-order valence-electron chi connectivity index (χ0n) is 11.1. The highest BCUT2D eigenvalue weighted by molar-refractivity contribution is 5.27. The number of ether oxygens (including phenoxy) is 2. The van der Waals surface area contributed by atoms with Crippen LogP contribution in [-0.2, 0) is 14.9 Å². The second-order valence-electron chi connectivity index (χ2n) is 4.43. The Labute approximate surface area is 112 Å². The molecule has 0 spiro atoms. The van der Waals surface area contributed by atoms with Gasteiger partial charge in [-0.15, -0.1) is 0 Å². The molecule has 0 aromatic heterocycles. The maximum Gasteiger partial charge on any atom is 0.127 e. The Morgan fingerprint density at radius 1 is 1.11 bits per heavy atom. The van der Waals surface area contributed by atoms with Gasteiger partial charge in [-0.1, -0.05) is 18.2 Å². The van der Waals surface area contributed by atoms with Crippen LogP contribution in [0.5, 0.6) is 0 Å². The molecular formula is C14H21FO4. The summed E-state index contributed by atoms with van der Waals surface area (Å²) in [5.41, 5.74) is -0.700. The van der Waals surface area contributed by atoms with Crippen molar-refractivity contribution in [3.8, 4) is 0 Å². The second kappa shape index (κ2) is 8.22. The maximum absolute atomic E-state index is 13.8. The molecule has 1 rings (SSSR count). The number of aliphatic hydroxyl groups excluding tert-OH is 2. The number of benzene rings is 1. The molecule has 0 radical (unpaired) electrons. The molecule has 0 saturated carbocycles. The van der Waals surface area contributed by atoms with E-state index in [0.717, 1.165) is 0 Å². The first-order chi connectivity index (χ1) is 9.20. The molecule has 108 valence electrons. The predicted molar refractivity (Wildman–Crippen MR) is 69.6 cm³/mol. The summed E-state index contributed by atoms with van der Waals surface area (Å²) in [5, 5.41) is 19.1. The first-order valence-electron chi connectivity index (χ1n) is 6.23. The van der Waals surface area contributed by atoms with Gasteiger partial charge in [0.25, 0.3) is 0 Å². The van der Waals surface area contributed by atoms with Crippen LogP contribution in [-0.4, -0.2) is 50.4 Å². The fourth-order valence-corrected chi connectivity index (χ4v) is 1.92. The van der Waals surface area contributed by atoms with E-state index in [4.69, 9.17) is 9.47 Å². The fraction of sp³-hybridized carbons (Fsp3) is 0.571. The molecule has 19 heavy (non-hydrogen) atoms. The number of methoxy groups -OCH3 is 1. The molecule has 2 N–H and O–H groups in total. The van der Waals surface area contributed by atoms with Crippen molar-refractivity contribution < 1.29 is 24.1 Å². The molecule has 0 atom stereocenters. The highest BCUT2D eigenvalue weighted by Crippen LogP contribution is 2.29. The summed E-state index contributed by atoms with van der Waals surface area (Å²) in [6, 6.07) is 6.16. The van der Waals surface area contributed by atoms with Crippen molar-refractivity contribution in [2.45, 2.75) is 11.8 Å². The number of halogens is 1. The number of hydrogen-bond donors (Lipinski definition) is 2. The minimum Gasteiger partial charge on any atom is -0.395 e. The molecule has 0 aliphatic heterocycles. The zero-order chi connectivity index (χ0) is 14.1. The minimum atomic E-state index is -1.02. The highest BCUT2D eigenvalue weighted by atomic mass is 19.1. The summed E-state index contributed by atoms with van der Waals surface area (Å²) >= 11 is 0. The van der Waals surface area contributed by atoms with Crippen molar-refractivity contribution in [1.29, 1.82) is 0 Å². The van der Waals surface area contributed by atoms with Gasteiger partial charge in [-0.05, 0) is 18.1 Å². The Bertz CT molecular complexity index is 366. The molecule has 0 fully saturated rings. The van der Waals surface area contributed by atoms with E-state index in [-0.39, 0.29) is 13.2 Å². The van der Waals surface area contributed by atoms with Crippen LogP contribution in [0.1, 0.15) is 12.0 Å². The van der Waals surface area contributed by atoms with Crippen LogP contribution >= 0.6 is 0 Å². The van der Waals surface area contributed by atoms with E-state index in [1.807, 2.05) is 0 Å². The SMILES string of the molecule is COCCOCCC(CO)(CO)c1ccccc1F. The first-order valence-corrected chi connectivity index (χ1v) is 6.23. The number of rotatable bonds is 9. The van der Waals surface area contributed by atoms with Gasteiger partial charge in [0.1, 0.15) is 5.82 Å². The summed E-state index contributed by atoms with van der Waals surface area (Å²) in [4.78, 5) is 0. The van der Waals surface area contributed by atoms with Gasteiger partial charge in [0.2, 0.25) is 0 Å². The summed E-state index contributed by atoms with van der Waals surface area (Å²) in [7, 11) is 1.58. The monoisotopic (exact) mass is 272 g/mol. The Morgan fingerprint density at radius 2 is 1.79 bits per heavy atom. The van der Waals surface area contributed by atoms with Crippen LogP contribution in [0.3, 0.4) is 0 Å². The van der Waals surface area contributed by atoms with E-state index >= 15 is 0 Å². The van der Waals surface area contributed by atoms with E-state index < -0.39 is 11.2 Å². The quantitative estimate of drug-likeness (QED) is 0.661. The zero-order valence-corrected chi connectivity index (χ0v) is 11.1. The Balaban J connectivity index is 2.71. The molecule has 1 aromatic rings. The average molecular weight is 272 g/mol. The lowest BCUT2D eigenvalue weighted by atomic mass is 9.79. The lowest BCUT2D eigenvalue weighted by Gasteiger charge is -2.30. The molecule has 4 nitrogen and oxygen atoms in total. The van der Waals surface area contributed by atoms with E-state index in [2.05, 4.69) is 0 Å². The van der Waals surface area contributed by atoms with Crippen molar-refractivity contribution in [3.05, 3.63) is 35.6 Å². The van der Waals surface area contributed by atoms with Crippen molar-refractivity contribution in [1.82, 2.24) is 0 Å². The largest absolute Gasteiger partial charge is 0.395 e. The van der Waals surface area contributed by atoms with Crippen LogP contribution < -0.4 is 0 Å². The smallest absolute Gasteiger partial charge is 0.127 e. The Kier molecular flexibility index (Phi) is 6.94. The van der Waals surface area contributed by atoms with Gasteiger partial charge < -0.3 is 19.7 Å². The van der Waals surface area contributed by atoms with Crippen LogP contribution in [0.15, 0.2) is 24.3 Å². The van der Waals surface area contributed by atoms with Crippen molar-refractivity contribution in [2.75, 3.05) is 40.1 Å². The third-order valence-electron chi connectivity index (χ3n) is 3.21. The van der Waals surface area contributed by atoms with Crippen LogP contribution in [0, 0.1) is 5.82 Å². The van der Waals surface area contributed by atoms with Crippen molar-refractivity contribution >= 4 is 0 Å². The summed E-state index contributed by atoms with van der Waals surface area (Å²) in [6.45, 7) is 0.556. The standard InChI is InChI=1S/C14H21FO4/c1-18-8-9-19-7-6-14(10-16,11-17)12-4-2-3-5-13(12)15/h2-5,16-17H,6-11H2,1H3.